The van der Waals surface area contributed by atoms with Crippen LogP contribution in [-0.2, 0) is 4.79 Å². The molecule has 0 atom stereocenters. The minimum atomic E-state index is -0.0251. The lowest BCUT2D eigenvalue weighted by Crippen LogP contribution is -2.32. The number of amides is 1. The zero-order chi connectivity index (χ0) is 17.8. The third-order valence-electron chi connectivity index (χ3n) is 3.82. The predicted octanol–water partition coefficient (Wildman–Crippen LogP) is 3.43. The van der Waals surface area contributed by atoms with Crippen LogP contribution in [0.3, 0.4) is 0 Å². The quantitative estimate of drug-likeness (QED) is 0.399. The van der Waals surface area contributed by atoms with Gasteiger partial charge in [0.2, 0.25) is 11.0 Å². The molecule has 1 heterocycles. The third kappa shape index (κ3) is 4.19. The Morgan fingerprint density at radius 3 is 2.76 bits per heavy atom. The number of ether oxygens (including phenoxy) is 1. The summed E-state index contributed by atoms with van der Waals surface area (Å²) in [5, 5.41) is 8.90. The molecule has 0 saturated heterocycles. The molecule has 1 aliphatic rings. The summed E-state index contributed by atoms with van der Waals surface area (Å²) in [4.78, 5) is 26.3. The van der Waals surface area contributed by atoms with E-state index in [1.54, 1.807) is 24.1 Å². The van der Waals surface area contributed by atoms with Gasteiger partial charge in [0.25, 0.3) is 0 Å². The number of para-hydroxylation sites is 1. The van der Waals surface area contributed by atoms with Gasteiger partial charge in [-0.2, -0.15) is 0 Å². The topological polar surface area (TPSA) is 72.4 Å². The van der Waals surface area contributed by atoms with E-state index < -0.39 is 0 Å². The molecule has 8 heteroatoms. The van der Waals surface area contributed by atoms with Crippen LogP contribution >= 0.6 is 23.1 Å². The first-order chi connectivity index (χ1) is 12.1. The first kappa shape index (κ1) is 17.9. The summed E-state index contributed by atoms with van der Waals surface area (Å²) >= 11 is 2.70. The summed E-state index contributed by atoms with van der Waals surface area (Å²) in [6.45, 7) is 1.85. The van der Waals surface area contributed by atoms with Crippen molar-refractivity contribution >= 4 is 39.9 Å². The van der Waals surface area contributed by atoms with Gasteiger partial charge in [0, 0.05) is 12.5 Å². The van der Waals surface area contributed by atoms with E-state index in [1.165, 1.54) is 23.1 Å². The number of anilines is 1. The summed E-state index contributed by atoms with van der Waals surface area (Å²) in [7, 11) is 1.55. The molecular formula is C17H19N3O3S2. The Labute approximate surface area is 154 Å². The highest BCUT2D eigenvalue weighted by molar-refractivity contribution is 8.01. The molecule has 1 aromatic heterocycles. The van der Waals surface area contributed by atoms with Crippen molar-refractivity contribution < 1.29 is 14.3 Å². The van der Waals surface area contributed by atoms with Gasteiger partial charge < -0.3 is 4.74 Å². The number of Topliss-reactive ketones (excluding diaryl/α,β-unsaturated/α-hetero) is 1. The summed E-state index contributed by atoms with van der Waals surface area (Å²) < 4.78 is 5.91. The van der Waals surface area contributed by atoms with Crippen LogP contribution in [0.1, 0.15) is 36.5 Å². The lowest BCUT2D eigenvalue weighted by Gasteiger charge is -2.17. The molecule has 3 rings (SSSR count). The molecule has 0 unspecified atom stereocenters. The van der Waals surface area contributed by atoms with Crippen LogP contribution in [0.4, 0.5) is 5.13 Å². The maximum Gasteiger partial charge on any atom is 0.228 e. The monoisotopic (exact) mass is 377 g/mol. The van der Waals surface area contributed by atoms with Crippen molar-refractivity contribution in [3.8, 4) is 5.75 Å². The normalized spacial score (nSPS) is 13.5. The van der Waals surface area contributed by atoms with Gasteiger partial charge in [-0.15, -0.1) is 10.2 Å². The second-order valence-electron chi connectivity index (χ2n) is 5.61. The van der Waals surface area contributed by atoms with Gasteiger partial charge in [-0.05, 0) is 25.0 Å². The van der Waals surface area contributed by atoms with Gasteiger partial charge in [-0.25, -0.2) is 0 Å². The average molecular weight is 377 g/mol. The van der Waals surface area contributed by atoms with Gasteiger partial charge >= 0.3 is 0 Å². The number of nitrogens with zero attached hydrogens (tertiary/aromatic N) is 3. The van der Waals surface area contributed by atoms with Crippen LogP contribution in [-0.4, -0.2) is 40.8 Å². The Bertz CT molecular complexity index is 774. The zero-order valence-corrected chi connectivity index (χ0v) is 15.7. The molecule has 132 valence electrons. The molecule has 0 radical (unpaired) electrons. The number of ketones is 1. The van der Waals surface area contributed by atoms with Crippen LogP contribution in [0.15, 0.2) is 28.6 Å². The van der Waals surface area contributed by atoms with E-state index in [1.807, 2.05) is 19.1 Å². The van der Waals surface area contributed by atoms with Crippen LogP contribution in [0.5, 0.6) is 5.75 Å². The highest BCUT2D eigenvalue weighted by Gasteiger charge is 2.35. The van der Waals surface area contributed by atoms with Crippen molar-refractivity contribution in [2.45, 2.75) is 36.6 Å². The molecule has 0 spiro atoms. The summed E-state index contributed by atoms with van der Waals surface area (Å²) in [5.41, 5.74) is 0.558. The van der Waals surface area contributed by atoms with E-state index in [0.717, 1.165) is 12.8 Å². The van der Waals surface area contributed by atoms with E-state index in [4.69, 9.17) is 4.74 Å². The summed E-state index contributed by atoms with van der Waals surface area (Å²) in [5.74, 6) is 0.864. The van der Waals surface area contributed by atoms with Crippen molar-refractivity contribution in [3.63, 3.8) is 0 Å². The summed E-state index contributed by atoms with van der Waals surface area (Å²) in [6, 6.07) is 7.42. The maximum absolute atomic E-state index is 12.4. The van der Waals surface area contributed by atoms with Crippen molar-refractivity contribution in [2.24, 2.45) is 0 Å². The van der Waals surface area contributed by atoms with E-state index in [0.29, 0.717) is 27.2 Å². The van der Waals surface area contributed by atoms with E-state index in [2.05, 4.69) is 10.2 Å². The Morgan fingerprint density at radius 2 is 2.08 bits per heavy atom. The second-order valence-corrected chi connectivity index (χ2v) is 7.79. The molecule has 0 N–H and O–H groups in total. The molecule has 2 aromatic rings. The number of hydrogen-bond donors (Lipinski definition) is 0. The number of benzene rings is 1. The predicted molar refractivity (Wildman–Crippen MR) is 98.8 cm³/mol. The lowest BCUT2D eigenvalue weighted by atomic mass is 10.1. The Hall–Kier alpha value is -1.93. The highest BCUT2D eigenvalue weighted by atomic mass is 32.2. The lowest BCUT2D eigenvalue weighted by molar-refractivity contribution is -0.118. The van der Waals surface area contributed by atoms with Crippen molar-refractivity contribution in [2.75, 3.05) is 17.8 Å². The van der Waals surface area contributed by atoms with Crippen molar-refractivity contribution in [1.29, 1.82) is 0 Å². The van der Waals surface area contributed by atoms with E-state index in [-0.39, 0.29) is 23.5 Å². The van der Waals surface area contributed by atoms with E-state index in [9.17, 15) is 9.59 Å². The highest BCUT2D eigenvalue weighted by Crippen LogP contribution is 2.36. The summed E-state index contributed by atoms with van der Waals surface area (Å²) in [6.07, 6.45) is 2.48. The molecule has 0 bridgehead atoms. The van der Waals surface area contributed by atoms with Gasteiger partial charge in [0.15, 0.2) is 10.1 Å². The SMILES string of the molecule is CCC(=O)N(c1nnc(SCC(=O)c2ccccc2OC)s1)C1CC1. The molecule has 1 fully saturated rings. The maximum atomic E-state index is 12.4. The van der Waals surface area contributed by atoms with Gasteiger partial charge in [0.1, 0.15) is 5.75 Å². The molecule has 1 saturated carbocycles. The van der Waals surface area contributed by atoms with E-state index >= 15 is 0 Å². The molecule has 25 heavy (non-hydrogen) atoms. The van der Waals surface area contributed by atoms with Crippen LogP contribution in [0.2, 0.25) is 0 Å². The first-order valence-electron chi connectivity index (χ1n) is 8.08. The average Bonchev–Trinajstić information content (AvgIpc) is 3.37. The molecule has 1 amide bonds. The number of aromatic nitrogens is 2. The molecule has 0 aliphatic heterocycles. The standard InChI is InChI=1S/C17H19N3O3S2/c1-3-15(22)20(11-8-9-11)16-18-19-17(25-16)24-10-13(21)12-6-4-5-7-14(12)23-2/h4-7,11H,3,8-10H2,1-2H3. The van der Waals surface area contributed by atoms with Gasteiger partial charge in [0.05, 0.1) is 18.4 Å². The Kier molecular flexibility index (Phi) is 5.70. The fourth-order valence-corrected chi connectivity index (χ4v) is 4.22. The Balaban J connectivity index is 1.65. The van der Waals surface area contributed by atoms with Crippen molar-refractivity contribution in [3.05, 3.63) is 29.8 Å². The number of carbonyl (C=O) groups is 2. The fraction of sp³-hybridized carbons (Fsp3) is 0.412. The molecule has 1 aromatic carbocycles. The van der Waals surface area contributed by atoms with Crippen LogP contribution < -0.4 is 9.64 Å². The van der Waals surface area contributed by atoms with Crippen LogP contribution in [0.25, 0.3) is 0 Å². The second kappa shape index (κ2) is 7.97. The fourth-order valence-electron chi connectivity index (χ4n) is 2.41. The number of hydrogen-bond acceptors (Lipinski definition) is 7. The number of methoxy groups -OCH3 is 1. The minimum absolute atomic E-state index is 0.0251. The number of thioether (sulfide) groups is 1. The minimum Gasteiger partial charge on any atom is -0.496 e. The smallest absolute Gasteiger partial charge is 0.228 e. The number of carbonyl (C=O) groups excluding carboxylic acids is 2. The van der Waals surface area contributed by atoms with Crippen molar-refractivity contribution in [1.82, 2.24) is 10.2 Å². The zero-order valence-electron chi connectivity index (χ0n) is 14.1. The van der Waals surface area contributed by atoms with Gasteiger partial charge in [-0.3, -0.25) is 14.5 Å². The third-order valence-corrected chi connectivity index (χ3v) is 5.88. The molecular weight excluding hydrogens is 358 g/mol. The number of rotatable bonds is 8. The van der Waals surface area contributed by atoms with Gasteiger partial charge in [-0.1, -0.05) is 42.2 Å². The largest absolute Gasteiger partial charge is 0.496 e. The molecule has 1 aliphatic carbocycles. The van der Waals surface area contributed by atoms with Crippen LogP contribution in [0, 0.1) is 0 Å². The molecule has 6 nitrogen and oxygen atoms in total. The Morgan fingerprint density at radius 1 is 1.32 bits per heavy atom. The first-order valence-corrected chi connectivity index (χ1v) is 9.88.